The van der Waals surface area contributed by atoms with Gasteiger partial charge in [0.05, 0.1) is 11.1 Å². The summed E-state index contributed by atoms with van der Waals surface area (Å²) in [7, 11) is 0. The number of imide groups is 1. The van der Waals surface area contributed by atoms with Crippen molar-refractivity contribution in [2.24, 2.45) is 5.73 Å². The third kappa shape index (κ3) is 4.05. The van der Waals surface area contributed by atoms with E-state index in [4.69, 9.17) is 15.3 Å². The second kappa shape index (κ2) is 6.35. The lowest BCUT2D eigenvalue weighted by molar-refractivity contribution is -0.0971. The van der Waals surface area contributed by atoms with Crippen LogP contribution >= 0.6 is 0 Å². The molecule has 1 aromatic rings. The fraction of sp³-hybridized carbons (Fsp3) is 0.400. The van der Waals surface area contributed by atoms with Crippen LogP contribution in [0.3, 0.4) is 0 Å². The van der Waals surface area contributed by atoms with Gasteiger partial charge in [0.15, 0.2) is 0 Å². The number of alkyl carbamates (subject to hydrolysis) is 1. The van der Waals surface area contributed by atoms with Gasteiger partial charge in [0.2, 0.25) is 0 Å². The van der Waals surface area contributed by atoms with E-state index in [-0.39, 0.29) is 17.7 Å². The molecule has 2 rings (SSSR count). The van der Waals surface area contributed by atoms with Crippen molar-refractivity contribution in [1.82, 2.24) is 10.4 Å². The Labute approximate surface area is 133 Å². The summed E-state index contributed by atoms with van der Waals surface area (Å²) >= 11 is 0. The second-order valence-electron chi connectivity index (χ2n) is 6.00. The lowest BCUT2D eigenvalue weighted by Crippen LogP contribution is -2.48. The average molecular weight is 321 g/mol. The maximum atomic E-state index is 12.1. The van der Waals surface area contributed by atoms with Crippen LogP contribution < -0.4 is 11.1 Å². The van der Waals surface area contributed by atoms with Crippen LogP contribution in [0.1, 0.15) is 41.5 Å². The van der Waals surface area contributed by atoms with Crippen LogP contribution in [0.2, 0.25) is 0 Å². The van der Waals surface area contributed by atoms with Crippen molar-refractivity contribution in [3.8, 4) is 0 Å². The third-order valence-corrected chi connectivity index (χ3v) is 2.84. The minimum absolute atomic E-state index is 0.259. The average Bonchev–Trinajstić information content (AvgIpc) is 2.67. The SMILES string of the molecule is CC(C)(C)OC(=O)NC(N)CON1C(=O)c2ccccc2C1=O. The van der Waals surface area contributed by atoms with E-state index in [1.807, 2.05) is 0 Å². The maximum Gasteiger partial charge on any atom is 0.408 e. The molecule has 1 aliphatic rings. The van der Waals surface area contributed by atoms with Gasteiger partial charge in [0, 0.05) is 0 Å². The minimum Gasteiger partial charge on any atom is -0.444 e. The van der Waals surface area contributed by atoms with Crippen LogP contribution in [0.15, 0.2) is 24.3 Å². The molecule has 0 bridgehead atoms. The van der Waals surface area contributed by atoms with Crippen molar-refractivity contribution in [1.29, 1.82) is 0 Å². The summed E-state index contributed by atoms with van der Waals surface area (Å²) in [5.41, 5.74) is 5.56. The van der Waals surface area contributed by atoms with E-state index >= 15 is 0 Å². The van der Waals surface area contributed by atoms with E-state index in [0.717, 1.165) is 0 Å². The van der Waals surface area contributed by atoms with E-state index in [0.29, 0.717) is 5.06 Å². The Balaban J connectivity index is 1.89. The minimum atomic E-state index is -0.936. The molecule has 1 unspecified atom stereocenters. The first kappa shape index (κ1) is 16.9. The highest BCUT2D eigenvalue weighted by Crippen LogP contribution is 2.22. The molecule has 0 saturated heterocycles. The van der Waals surface area contributed by atoms with Gasteiger partial charge in [-0.15, -0.1) is 5.06 Å². The Kier molecular flexibility index (Phi) is 4.67. The Morgan fingerprint density at radius 1 is 1.22 bits per heavy atom. The molecule has 23 heavy (non-hydrogen) atoms. The summed E-state index contributed by atoms with van der Waals surface area (Å²) in [5, 5.41) is 2.99. The maximum absolute atomic E-state index is 12.1. The number of hydrogen-bond donors (Lipinski definition) is 2. The van der Waals surface area contributed by atoms with Gasteiger partial charge in [0.1, 0.15) is 18.4 Å². The molecule has 1 aliphatic heterocycles. The fourth-order valence-corrected chi connectivity index (χ4v) is 1.94. The molecule has 0 radical (unpaired) electrons. The monoisotopic (exact) mass is 321 g/mol. The highest BCUT2D eigenvalue weighted by Gasteiger charge is 2.36. The number of nitrogens with two attached hydrogens (primary N) is 1. The van der Waals surface area contributed by atoms with E-state index < -0.39 is 29.7 Å². The molecule has 0 fully saturated rings. The van der Waals surface area contributed by atoms with Gasteiger partial charge in [-0.05, 0) is 32.9 Å². The van der Waals surface area contributed by atoms with Crippen LogP contribution in [-0.4, -0.2) is 41.3 Å². The van der Waals surface area contributed by atoms with E-state index in [1.165, 1.54) is 12.1 Å². The summed E-state index contributed by atoms with van der Waals surface area (Å²) in [6.45, 7) is 4.89. The number of carbonyl (C=O) groups is 3. The van der Waals surface area contributed by atoms with Crippen molar-refractivity contribution >= 4 is 17.9 Å². The highest BCUT2D eigenvalue weighted by molar-refractivity contribution is 6.20. The number of nitrogens with zero attached hydrogens (tertiary/aromatic N) is 1. The lowest BCUT2D eigenvalue weighted by atomic mass is 10.1. The number of benzene rings is 1. The predicted molar refractivity (Wildman–Crippen MR) is 80.2 cm³/mol. The molecular formula is C15H19N3O5. The standard InChI is InChI=1S/C15H19N3O5/c1-15(2,3)23-14(21)17-11(16)8-22-18-12(19)9-6-4-5-7-10(9)13(18)20/h4-7,11H,8,16H2,1-3H3,(H,17,21). The van der Waals surface area contributed by atoms with Crippen LogP contribution in [0.25, 0.3) is 0 Å². The number of carbonyl (C=O) groups excluding carboxylic acids is 3. The molecule has 0 spiro atoms. The predicted octanol–water partition coefficient (Wildman–Crippen LogP) is 1.02. The molecule has 8 nitrogen and oxygen atoms in total. The molecule has 0 saturated carbocycles. The smallest absolute Gasteiger partial charge is 0.408 e. The first-order valence-corrected chi connectivity index (χ1v) is 7.05. The van der Waals surface area contributed by atoms with E-state index in [2.05, 4.69) is 5.32 Å². The van der Waals surface area contributed by atoms with Crippen LogP contribution in [0.5, 0.6) is 0 Å². The number of amides is 3. The molecule has 8 heteroatoms. The Morgan fingerprint density at radius 2 is 1.74 bits per heavy atom. The topological polar surface area (TPSA) is 111 Å². The molecule has 1 atom stereocenters. The van der Waals surface area contributed by atoms with E-state index in [1.54, 1.807) is 32.9 Å². The zero-order chi connectivity index (χ0) is 17.2. The van der Waals surface area contributed by atoms with Gasteiger partial charge in [0.25, 0.3) is 11.8 Å². The second-order valence-corrected chi connectivity index (χ2v) is 6.00. The summed E-state index contributed by atoms with van der Waals surface area (Å²) in [6, 6.07) is 6.39. The Bertz CT molecular complexity index is 603. The molecule has 0 aromatic heterocycles. The van der Waals surface area contributed by atoms with Crippen molar-refractivity contribution < 1.29 is 24.0 Å². The molecule has 1 heterocycles. The van der Waals surface area contributed by atoms with Gasteiger partial charge in [-0.25, -0.2) is 4.79 Å². The zero-order valence-corrected chi connectivity index (χ0v) is 13.2. The number of fused-ring (bicyclic) bond motifs is 1. The first-order valence-electron chi connectivity index (χ1n) is 7.05. The number of hydroxylamine groups is 2. The van der Waals surface area contributed by atoms with Crippen LogP contribution in [-0.2, 0) is 9.57 Å². The fourth-order valence-electron chi connectivity index (χ4n) is 1.94. The van der Waals surface area contributed by atoms with Gasteiger partial charge in [-0.3, -0.25) is 14.4 Å². The molecular weight excluding hydrogens is 302 g/mol. The quantitative estimate of drug-likeness (QED) is 0.633. The Hall–Kier alpha value is -2.45. The van der Waals surface area contributed by atoms with Gasteiger partial charge >= 0.3 is 6.09 Å². The first-order chi connectivity index (χ1) is 10.7. The lowest BCUT2D eigenvalue weighted by Gasteiger charge is -2.22. The summed E-state index contributed by atoms with van der Waals surface area (Å²) in [4.78, 5) is 40.8. The number of ether oxygens (including phenoxy) is 1. The number of rotatable bonds is 4. The van der Waals surface area contributed by atoms with Crippen molar-refractivity contribution in [2.45, 2.75) is 32.5 Å². The van der Waals surface area contributed by atoms with Gasteiger partial charge < -0.3 is 15.8 Å². The van der Waals surface area contributed by atoms with Crippen molar-refractivity contribution in [3.05, 3.63) is 35.4 Å². The normalized spacial score (nSPS) is 15.4. The molecule has 3 N–H and O–H groups in total. The molecule has 1 aromatic carbocycles. The van der Waals surface area contributed by atoms with Gasteiger partial charge in [-0.2, -0.15) is 0 Å². The summed E-state index contributed by atoms with van der Waals surface area (Å²) in [5.74, 6) is -1.12. The summed E-state index contributed by atoms with van der Waals surface area (Å²) < 4.78 is 5.04. The van der Waals surface area contributed by atoms with Crippen LogP contribution in [0.4, 0.5) is 4.79 Å². The molecule has 0 aliphatic carbocycles. The Morgan fingerprint density at radius 3 is 2.22 bits per heavy atom. The molecule has 3 amide bonds. The van der Waals surface area contributed by atoms with Gasteiger partial charge in [-0.1, -0.05) is 12.1 Å². The van der Waals surface area contributed by atoms with Crippen molar-refractivity contribution in [3.63, 3.8) is 0 Å². The number of hydrogen-bond acceptors (Lipinski definition) is 6. The molecule has 124 valence electrons. The largest absolute Gasteiger partial charge is 0.444 e. The van der Waals surface area contributed by atoms with Crippen LogP contribution in [0, 0.1) is 0 Å². The van der Waals surface area contributed by atoms with E-state index in [9.17, 15) is 14.4 Å². The third-order valence-electron chi connectivity index (χ3n) is 2.84. The zero-order valence-electron chi connectivity index (χ0n) is 13.2. The summed E-state index contributed by atoms with van der Waals surface area (Å²) in [6.07, 6.45) is -1.65. The number of nitrogens with one attached hydrogen (secondary N) is 1. The highest BCUT2D eigenvalue weighted by atomic mass is 16.7. The van der Waals surface area contributed by atoms with Crippen molar-refractivity contribution in [2.75, 3.05) is 6.61 Å².